The molecule has 0 bridgehead atoms. The van der Waals surface area contributed by atoms with E-state index in [0.29, 0.717) is 5.15 Å². The molecule has 1 unspecified atom stereocenters. The Labute approximate surface area is 127 Å². The molecule has 20 heavy (non-hydrogen) atoms. The average Bonchev–Trinajstić information content (AvgIpc) is 2.65. The Balaban J connectivity index is 1.89. The molecule has 1 aliphatic rings. The number of ether oxygens (including phenoxy) is 1. The second-order valence-corrected chi connectivity index (χ2v) is 6.87. The van der Waals surface area contributed by atoms with E-state index in [4.69, 9.17) is 16.3 Å². The number of aromatic nitrogens is 2. The van der Waals surface area contributed by atoms with Crippen molar-refractivity contribution in [1.82, 2.24) is 14.9 Å². The molecule has 0 amide bonds. The van der Waals surface area contributed by atoms with Crippen molar-refractivity contribution >= 4 is 33.2 Å². The lowest BCUT2D eigenvalue weighted by Crippen LogP contribution is -2.40. The van der Waals surface area contributed by atoms with Crippen LogP contribution >= 0.6 is 22.9 Å². The van der Waals surface area contributed by atoms with Crippen LogP contribution in [0.1, 0.15) is 23.2 Å². The largest absolute Gasteiger partial charge is 0.376 e. The maximum absolute atomic E-state index is 6.34. The van der Waals surface area contributed by atoms with Crippen LogP contribution in [0, 0.1) is 13.8 Å². The predicted molar refractivity (Wildman–Crippen MR) is 82.6 cm³/mol. The molecule has 1 atom stereocenters. The van der Waals surface area contributed by atoms with Gasteiger partial charge in [-0.05, 0) is 26.3 Å². The molecule has 3 heterocycles. The molecule has 2 aromatic heterocycles. The first-order chi connectivity index (χ1) is 9.54. The van der Waals surface area contributed by atoms with E-state index >= 15 is 0 Å². The molecule has 1 fully saturated rings. The van der Waals surface area contributed by atoms with Crippen molar-refractivity contribution in [3.63, 3.8) is 0 Å². The Morgan fingerprint density at radius 3 is 2.95 bits per heavy atom. The number of hydrogen-bond acceptors (Lipinski definition) is 5. The van der Waals surface area contributed by atoms with E-state index in [1.54, 1.807) is 11.3 Å². The molecule has 0 radical (unpaired) electrons. The summed E-state index contributed by atoms with van der Waals surface area (Å²) in [5.74, 6) is 0.804. The normalized spacial score (nSPS) is 20.7. The molecule has 0 aromatic carbocycles. The zero-order valence-corrected chi connectivity index (χ0v) is 13.5. The molecule has 2 aromatic rings. The quantitative estimate of drug-likeness (QED) is 0.798. The number of nitrogens with zero attached hydrogens (tertiary/aromatic N) is 3. The minimum Gasteiger partial charge on any atom is -0.376 e. The van der Waals surface area contributed by atoms with Gasteiger partial charge in [0.25, 0.3) is 0 Å². The number of rotatable bonds is 2. The molecule has 1 saturated heterocycles. The Bertz CT molecular complexity index is 643. The fraction of sp³-hybridized carbons (Fsp3) is 0.571. The molecule has 0 spiro atoms. The third-order valence-corrected chi connectivity index (χ3v) is 5.10. The van der Waals surface area contributed by atoms with E-state index in [9.17, 15) is 0 Å². The van der Waals surface area contributed by atoms with E-state index < -0.39 is 0 Å². The van der Waals surface area contributed by atoms with Crippen LogP contribution in [-0.4, -0.2) is 40.7 Å². The number of hydrogen-bond donors (Lipinski definition) is 0. The Kier molecular flexibility index (Phi) is 3.95. The highest BCUT2D eigenvalue weighted by Crippen LogP contribution is 2.33. The lowest BCUT2D eigenvalue weighted by atomic mass is 10.2. The fourth-order valence-corrected chi connectivity index (χ4v) is 3.98. The summed E-state index contributed by atoms with van der Waals surface area (Å²) in [6.07, 6.45) is 0.272. The van der Waals surface area contributed by atoms with Crippen molar-refractivity contribution in [3.05, 3.63) is 21.4 Å². The first-order valence-electron chi connectivity index (χ1n) is 6.80. The number of thiophene rings is 1. The minimum atomic E-state index is 0.272. The molecule has 0 saturated carbocycles. The standard InChI is InChI=1S/C14H18ClN3OS/c1-8-6-18(4-5-19-8)7-11-16-13(15)12-9(2)10(3)20-14(12)17-11/h8H,4-7H2,1-3H3. The highest BCUT2D eigenvalue weighted by molar-refractivity contribution is 7.18. The summed E-state index contributed by atoms with van der Waals surface area (Å²) in [6, 6.07) is 0. The summed E-state index contributed by atoms with van der Waals surface area (Å²) in [6.45, 7) is 9.62. The van der Waals surface area contributed by atoms with Gasteiger partial charge >= 0.3 is 0 Å². The van der Waals surface area contributed by atoms with Crippen molar-refractivity contribution in [2.45, 2.75) is 33.4 Å². The van der Waals surface area contributed by atoms with Gasteiger partial charge < -0.3 is 4.74 Å². The molecule has 3 rings (SSSR count). The van der Waals surface area contributed by atoms with E-state index in [2.05, 4.69) is 35.6 Å². The van der Waals surface area contributed by atoms with Gasteiger partial charge in [0.1, 0.15) is 15.8 Å². The van der Waals surface area contributed by atoms with Crippen LogP contribution < -0.4 is 0 Å². The Morgan fingerprint density at radius 2 is 2.20 bits per heavy atom. The maximum atomic E-state index is 6.34. The number of fused-ring (bicyclic) bond motifs is 1. The molecule has 6 heteroatoms. The molecular weight excluding hydrogens is 294 g/mol. The molecule has 108 valence electrons. The summed E-state index contributed by atoms with van der Waals surface area (Å²) in [4.78, 5) is 13.7. The van der Waals surface area contributed by atoms with Crippen LogP contribution in [0.4, 0.5) is 0 Å². The number of halogens is 1. The van der Waals surface area contributed by atoms with Crippen molar-refractivity contribution < 1.29 is 4.74 Å². The van der Waals surface area contributed by atoms with Gasteiger partial charge in [0, 0.05) is 18.0 Å². The maximum Gasteiger partial charge on any atom is 0.145 e. The van der Waals surface area contributed by atoms with Crippen LogP contribution in [0.3, 0.4) is 0 Å². The summed E-state index contributed by atoms with van der Waals surface area (Å²) in [5, 5.41) is 1.58. The fourth-order valence-electron chi connectivity index (χ4n) is 2.55. The summed E-state index contributed by atoms with van der Waals surface area (Å²) in [5.41, 5.74) is 1.20. The number of morpholine rings is 1. The Hall–Kier alpha value is -0.750. The van der Waals surface area contributed by atoms with Crippen molar-refractivity contribution in [3.8, 4) is 0 Å². The van der Waals surface area contributed by atoms with E-state index in [1.165, 1.54) is 10.4 Å². The van der Waals surface area contributed by atoms with Crippen molar-refractivity contribution in [2.75, 3.05) is 19.7 Å². The third-order valence-electron chi connectivity index (χ3n) is 3.72. The van der Waals surface area contributed by atoms with Crippen LogP contribution in [0.5, 0.6) is 0 Å². The molecule has 0 N–H and O–H groups in total. The van der Waals surface area contributed by atoms with Gasteiger partial charge in [-0.3, -0.25) is 4.90 Å². The molecular formula is C14H18ClN3OS. The minimum absolute atomic E-state index is 0.272. The lowest BCUT2D eigenvalue weighted by Gasteiger charge is -2.30. The second kappa shape index (κ2) is 5.56. The molecule has 1 aliphatic heterocycles. The van der Waals surface area contributed by atoms with Crippen molar-refractivity contribution in [2.24, 2.45) is 0 Å². The van der Waals surface area contributed by atoms with E-state index in [-0.39, 0.29) is 6.10 Å². The monoisotopic (exact) mass is 311 g/mol. The first-order valence-corrected chi connectivity index (χ1v) is 8.00. The van der Waals surface area contributed by atoms with Crippen LogP contribution in [0.15, 0.2) is 0 Å². The van der Waals surface area contributed by atoms with Gasteiger partial charge in [0.15, 0.2) is 0 Å². The number of aryl methyl sites for hydroxylation is 2. The van der Waals surface area contributed by atoms with E-state index in [1.807, 2.05) is 0 Å². The molecule has 4 nitrogen and oxygen atoms in total. The average molecular weight is 312 g/mol. The van der Waals surface area contributed by atoms with Crippen molar-refractivity contribution in [1.29, 1.82) is 0 Å². The second-order valence-electron chi connectivity index (χ2n) is 5.31. The van der Waals surface area contributed by atoms with Gasteiger partial charge in [-0.1, -0.05) is 11.6 Å². The third kappa shape index (κ3) is 2.68. The van der Waals surface area contributed by atoms with Crippen LogP contribution in [-0.2, 0) is 11.3 Å². The Morgan fingerprint density at radius 1 is 1.40 bits per heavy atom. The van der Waals surface area contributed by atoms with Gasteiger partial charge in [0.05, 0.1) is 24.6 Å². The SMILES string of the molecule is Cc1sc2nc(CN3CCOC(C)C3)nc(Cl)c2c1C. The highest BCUT2D eigenvalue weighted by atomic mass is 35.5. The lowest BCUT2D eigenvalue weighted by molar-refractivity contribution is -0.0219. The van der Waals surface area contributed by atoms with Gasteiger partial charge in [0.2, 0.25) is 0 Å². The van der Waals surface area contributed by atoms with Gasteiger partial charge in [-0.2, -0.15) is 0 Å². The van der Waals surface area contributed by atoms with Crippen LogP contribution in [0.25, 0.3) is 10.2 Å². The van der Waals surface area contributed by atoms with Gasteiger partial charge in [-0.25, -0.2) is 9.97 Å². The zero-order valence-electron chi connectivity index (χ0n) is 11.9. The smallest absolute Gasteiger partial charge is 0.145 e. The van der Waals surface area contributed by atoms with E-state index in [0.717, 1.165) is 42.3 Å². The predicted octanol–water partition coefficient (Wildman–Crippen LogP) is 3.18. The molecule has 0 aliphatic carbocycles. The summed E-state index contributed by atoms with van der Waals surface area (Å²) < 4.78 is 5.55. The van der Waals surface area contributed by atoms with Crippen LogP contribution in [0.2, 0.25) is 5.15 Å². The van der Waals surface area contributed by atoms with Gasteiger partial charge in [-0.15, -0.1) is 11.3 Å². The summed E-state index contributed by atoms with van der Waals surface area (Å²) in [7, 11) is 0. The highest BCUT2D eigenvalue weighted by Gasteiger charge is 2.19. The summed E-state index contributed by atoms with van der Waals surface area (Å²) >= 11 is 8.03. The first kappa shape index (κ1) is 14.2. The zero-order chi connectivity index (χ0) is 14.3. The topological polar surface area (TPSA) is 38.2 Å².